The van der Waals surface area contributed by atoms with Gasteiger partial charge in [0, 0.05) is 12.1 Å². The first-order valence-corrected chi connectivity index (χ1v) is 8.60. The number of aryl methyl sites for hydroxylation is 1. The lowest BCUT2D eigenvalue weighted by Gasteiger charge is -2.09. The Balaban J connectivity index is 1.71. The number of rotatable bonds is 4. The van der Waals surface area contributed by atoms with E-state index in [0.717, 1.165) is 43.6 Å². The topological polar surface area (TPSA) is 70.7 Å². The Labute approximate surface area is 134 Å². The molecular weight excluding hydrogens is 296 g/mol. The number of aromatic nitrogens is 3. The number of benzene rings is 1. The molecule has 1 fully saturated rings. The Morgan fingerprint density at radius 1 is 1.27 bits per heavy atom. The fourth-order valence-electron chi connectivity index (χ4n) is 2.48. The second-order valence-electron chi connectivity index (χ2n) is 5.41. The van der Waals surface area contributed by atoms with Crippen LogP contribution in [0.2, 0.25) is 0 Å². The summed E-state index contributed by atoms with van der Waals surface area (Å²) in [5.41, 5.74) is 2.31. The number of nitrogens with one attached hydrogen (secondary N) is 2. The molecule has 1 saturated heterocycles. The van der Waals surface area contributed by atoms with Crippen LogP contribution >= 0.6 is 11.8 Å². The van der Waals surface area contributed by atoms with Crippen LogP contribution in [0, 0.1) is 0 Å². The van der Waals surface area contributed by atoms with Gasteiger partial charge in [0.1, 0.15) is 0 Å². The fourth-order valence-corrected chi connectivity index (χ4v) is 3.45. The second kappa shape index (κ2) is 6.96. The van der Waals surface area contributed by atoms with Crippen molar-refractivity contribution in [1.82, 2.24) is 20.5 Å². The first-order valence-electron chi connectivity index (χ1n) is 7.72. The van der Waals surface area contributed by atoms with Crippen LogP contribution in [0.15, 0.2) is 29.4 Å². The smallest absolute Gasteiger partial charge is 0.233 e. The van der Waals surface area contributed by atoms with Crippen LogP contribution < -0.4 is 5.32 Å². The van der Waals surface area contributed by atoms with E-state index in [4.69, 9.17) is 0 Å². The molecule has 1 aliphatic heterocycles. The van der Waals surface area contributed by atoms with Gasteiger partial charge in [-0.25, -0.2) is 4.98 Å². The van der Waals surface area contributed by atoms with Crippen molar-refractivity contribution >= 4 is 17.7 Å². The molecule has 2 N–H and O–H groups in total. The first kappa shape index (κ1) is 15.1. The Kier molecular flexibility index (Phi) is 4.77. The minimum Gasteiger partial charge on any atom is -0.355 e. The number of H-pyrrole nitrogens is 1. The Hall–Kier alpha value is -1.82. The molecule has 2 heterocycles. The Morgan fingerprint density at radius 2 is 2.09 bits per heavy atom. The number of nitrogens with zero attached hydrogens (tertiary/aromatic N) is 2. The van der Waals surface area contributed by atoms with Crippen molar-refractivity contribution in [2.45, 2.75) is 43.0 Å². The highest BCUT2D eigenvalue weighted by Crippen LogP contribution is 2.27. The second-order valence-corrected chi connectivity index (χ2v) is 6.58. The van der Waals surface area contributed by atoms with E-state index in [-0.39, 0.29) is 11.2 Å². The average Bonchev–Trinajstić information content (AvgIpc) is 2.92. The monoisotopic (exact) mass is 316 g/mol. The number of thioether (sulfide) groups is 1. The van der Waals surface area contributed by atoms with Crippen molar-refractivity contribution < 1.29 is 4.79 Å². The first-order chi connectivity index (χ1) is 10.8. The van der Waals surface area contributed by atoms with Gasteiger partial charge < -0.3 is 5.32 Å². The van der Waals surface area contributed by atoms with Crippen LogP contribution in [-0.4, -0.2) is 32.9 Å². The maximum Gasteiger partial charge on any atom is 0.233 e. The van der Waals surface area contributed by atoms with Gasteiger partial charge in [0.15, 0.2) is 5.82 Å². The van der Waals surface area contributed by atoms with E-state index in [0.29, 0.717) is 5.16 Å². The van der Waals surface area contributed by atoms with Crippen LogP contribution in [0.3, 0.4) is 0 Å². The fraction of sp³-hybridized carbons (Fsp3) is 0.438. The third-order valence-electron chi connectivity index (χ3n) is 3.83. The standard InChI is InChI=1S/C16H20N4OS/c1-2-11-6-8-12(9-7-11)14-18-16(20-19-14)22-13-5-3-4-10-17-15(13)21/h6-9,13H,2-5,10H2,1H3,(H,17,21)(H,18,19,20)/t13-/m1/s1. The van der Waals surface area contributed by atoms with E-state index in [1.54, 1.807) is 0 Å². The van der Waals surface area contributed by atoms with Crippen LogP contribution in [0.4, 0.5) is 0 Å². The highest BCUT2D eigenvalue weighted by Gasteiger charge is 2.23. The maximum atomic E-state index is 12.0. The molecule has 0 radical (unpaired) electrons. The summed E-state index contributed by atoms with van der Waals surface area (Å²) in [5.74, 6) is 0.848. The zero-order valence-electron chi connectivity index (χ0n) is 12.6. The van der Waals surface area contributed by atoms with Gasteiger partial charge in [-0.1, -0.05) is 49.4 Å². The summed E-state index contributed by atoms with van der Waals surface area (Å²) >= 11 is 1.44. The van der Waals surface area contributed by atoms with E-state index >= 15 is 0 Å². The number of hydrogen-bond acceptors (Lipinski definition) is 4. The van der Waals surface area contributed by atoms with E-state index in [1.165, 1.54) is 17.3 Å². The molecule has 0 unspecified atom stereocenters. The highest BCUT2D eigenvalue weighted by atomic mass is 32.2. The van der Waals surface area contributed by atoms with Gasteiger partial charge in [-0.15, -0.1) is 5.10 Å². The lowest BCUT2D eigenvalue weighted by atomic mass is 10.1. The summed E-state index contributed by atoms with van der Waals surface area (Å²) in [5, 5.41) is 10.7. The van der Waals surface area contributed by atoms with Crippen LogP contribution in [0.25, 0.3) is 11.4 Å². The molecule has 5 nitrogen and oxygen atoms in total. The predicted octanol–water partition coefficient (Wildman–Crippen LogP) is 2.79. The number of aromatic amines is 1. The summed E-state index contributed by atoms with van der Waals surface area (Å²) in [6.07, 6.45) is 4.01. The average molecular weight is 316 g/mol. The molecule has 0 bridgehead atoms. The molecule has 1 aromatic carbocycles. The van der Waals surface area contributed by atoms with Crippen LogP contribution in [-0.2, 0) is 11.2 Å². The summed E-state index contributed by atoms with van der Waals surface area (Å²) in [7, 11) is 0. The van der Waals surface area contributed by atoms with Crippen molar-refractivity contribution in [1.29, 1.82) is 0 Å². The van der Waals surface area contributed by atoms with E-state index in [9.17, 15) is 4.79 Å². The minimum atomic E-state index is -0.0892. The van der Waals surface area contributed by atoms with Gasteiger partial charge in [0.25, 0.3) is 0 Å². The molecule has 1 atom stereocenters. The number of carbonyl (C=O) groups excluding carboxylic acids is 1. The molecule has 0 saturated carbocycles. The Morgan fingerprint density at radius 3 is 2.86 bits per heavy atom. The summed E-state index contributed by atoms with van der Waals surface area (Å²) in [6.45, 7) is 2.91. The Bertz CT molecular complexity index is 638. The molecule has 2 aromatic rings. The van der Waals surface area contributed by atoms with Crippen molar-refractivity contribution in [2.75, 3.05) is 6.54 Å². The molecule has 0 aliphatic carbocycles. The van der Waals surface area contributed by atoms with Crippen LogP contribution in [0.5, 0.6) is 0 Å². The van der Waals surface area contributed by atoms with Gasteiger partial charge >= 0.3 is 0 Å². The van der Waals surface area contributed by atoms with Crippen molar-refractivity contribution in [2.24, 2.45) is 0 Å². The lowest BCUT2D eigenvalue weighted by molar-refractivity contribution is -0.120. The quantitative estimate of drug-likeness (QED) is 0.910. The molecule has 22 heavy (non-hydrogen) atoms. The van der Waals surface area contributed by atoms with Crippen LogP contribution in [0.1, 0.15) is 31.7 Å². The molecule has 1 aliphatic rings. The van der Waals surface area contributed by atoms with Crippen molar-refractivity contribution in [3.8, 4) is 11.4 Å². The SMILES string of the molecule is CCc1ccc(-c2nc(S[C@@H]3CCCCNC3=O)n[nH]2)cc1. The third-order valence-corrected chi connectivity index (χ3v) is 4.96. The van der Waals surface area contributed by atoms with Crippen molar-refractivity contribution in [3.05, 3.63) is 29.8 Å². The molecule has 1 aromatic heterocycles. The van der Waals surface area contributed by atoms with Gasteiger partial charge in [0.05, 0.1) is 5.25 Å². The summed E-state index contributed by atoms with van der Waals surface area (Å²) in [6, 6.07) is 8.30. The normalized spacial score (nSPS) is 18.8. The number of carbonyl (C=O) groups is 1. The van der Waals surface area contributed by atoms with Gasteiger partial charge in [0.2, 0.25) is 11.1 Å². The van der Waals surface area contributed by atoms with Gasteiger partial charge in [-0.05, 0) is 24.8 Å². The molecular formula is C16H20N4OS. The lowest BCUT2D eigenvalue weighted by Crippen LogP contribution is -2.30. The minimum absolute atomic E-state index is 0.0892. The third kappa shape index (κ3) is 3.50. The van der Waals surface area contributed by atoms with E-state index in [2.05, 4.69) is 39.6 Å². The molecule has 116 valence electrons. The number of amides is 1. The molecule has 3 rings (SSSR count). The zero-order valence-corrected chi connectivity index (χ0v) is 13.4. The van der Waals surface area contributed by atoms with Gasteiger partial charge in [-0.2, -0.15) is 0 Å². The highest BCUT2D eigenvalue weighted by molar-refractivity contribution is 8.00. The largest absolute Gasteiger partial charge is 0.355 e. The van der Waals surface area contributed by atoms with Gasteiger partial charge in [-0.3, -0.25) is 9.89 Å². The van der Waals surface area contributed by atoms with Crippen molar-refractivity contribution in [3.63, 3.8) is 0 Å². The summed E-state index contributed by atoms with van der Waals surface area (Å²) < 4.78 is 0. The van der Waals surface area contributed by atoms with E-state index in [1.807, 2.05) is 12.1 Å². The number of hydrogen-bond donors (Lipinski definition) is 2. The molecule has 6 heteroatoms. The van der Waals surface area contributed by atoms with E-state index < -0.39 is 0 Å². The predicted molar refractivity (Wildman–Crippen MR) is 87.7 cm³/mol. The molecule has 1 amide bonds. The maximum absolute atomic E-state index is 12.0. The molecule has 0 spiro atoms. The zero-order chi connectivity index (χ0) is 15.4. The summed E-state index contributed by atoms with van der Waals surface area (Å²) in [4.78, 5) is 16.5.